The number of nitrogens with zero attached hydrogens (tertiary/aromatic N) is 1. The van der Waals surface area contributed by atoms with E-state index in [0.29, 0.717) is 16.1 Å². The number of aromatic nitrogens is 1. The molecule has 5 heteroatoms. The Balaban J connectivity index is 1.63. The number of carbonyl (C=O) groups excluding carboxylic acids is 1. The van der Waals surface area contributed by atoms with Crippen molar-refractivity contribution in [1.82, 2.24) is 4.98 Å². The van der Waals surface area contributed by atoms with Gasteiger partial charge < -0.3 is 10.1 Å². The number of hydrogen-bond acceptors (Lipinski definition) is 4. The topological polar surface area (TPSA) is 51.2 Å². The molecule has 4 rings (SSSR count). The summed E-state index contributed by atoms with van der Waals surface area (Å²) >= 11 is 6.47. The van der Waals surface area contributed by atoms with Gasteiger partial charge in [0.05, 0.1) is 12.1 Å². The molecule has 4 aromatic rings. The van der Waals surface area contributed by atoms with Crippen molar-refractivity contribution >= 4 is 39.5 Å². The Hall–Kier alpha value is -3.37. The summed E-state index contributed by atoms with van der Waals surface area (Å²) in [7, 11) is 1.60. The molecule has 1 heterocycles. The first-order valence-electron chi connectivity index (χ1n) is 9.15. The second-order valence-corrected chi connectivity index (χ2v) is 7.14. The van der Waals surface area contributed by atoms with E-state index < -0.39 is 0 Å². The number of ether oxygens (including phenoxy) is 1. The summed E-state index contributed by atoms with van der Waals surface area (Å²) in [6.07, 6.45) is 3.59. The lowest BCUT2D eigenvalue weighted by Crippen LogP contribution is -2.05. The predicted molar refractivity (Wildman–Crippen MR) is 118 cm³/mol. The zero-order chi connectivity index (χ0) is 20.4. The fourth-order valence-electron chi connectivity index (χ4n) is 3.33. The molecule has 4 nitrogen and oxygen atoms in total. The van der Waals surface area contributed by atoms with Crippen LogP contribution < -0.4 is 10.1 Å². The van der Waals surface area contributed by atoms with Crippen molar-refractivity contribution in [3.63, 3.8) is 0 Å². The Morgan fingerprint density at radius 2 is 1.86 bits per heavy atom. The molecular weight excluding hydrogens is 384 g/mol. The summed E-state index contributed by atoms with van der Waals surface area (Å²) < 4.78 is 5.21. The zero-order valence-corrected chi connectivity index (χ0v) is 16.8. The summed E-state index contributed by atoms with van der Waals surface area (Å²) in [6, 6.07) is 18.7. The van der Waals surface area contributed by atoms with Gasteiger partial charge in [-0.3, -0.25) is 9.78 Å². The second-order valence-electron chi connectivity index (χ2n) is 6.73. The number of methoxy groups -OCH3 is 1. The molecule has 1 aromatic heterocycles. The van der Waals surface area contributed by atoms with Gasteiger partial charge >= 0.3 is 0 Å². The molecule has 29 heavy (non-hydrogen) atoms. The molecular formula is C24H19ClN2O2. The minimum Gasteiger partial charge on any atom is -0.497 e. The highest BCUT2D eigenvalue weighted by Crippen LogP contribution is 2.30. The van der Waals surface area contributed by atoms with Gasteiger partial charge in [0.1, 0.15) is 5.75 Å². The first-order chi connectivity index (χ1) is 14.1. The van der Waals surface area contributed by atoms with Gasteiger partial charge in [-0.1, -0.05) is 23.7 Å². The minimum absolute atomic E-state index is 0.113. The number of fused-ring (bicyclic) bond motifs is 1. The fourth-order valence-corrected chi connectivity index (χ4v) is 3.59. The van der Waals surface area contributed by atoms with Gasteiger partial charge in [0, 0.05) is 45.7 Å². The molecule has 0 bridgehead atoms. The van der Waals surface area contributed by atoms with Crippen LogP contribution in [0.5, 0.6) is 5.75 Å². The van der Waals surface area contributed by atoms with Crippen molar-refractivity contribution in [2.45, 2.75) is 6.92 Å². The molecule has 0 unspecified atom stereocenters. The molecule has 0 atom stereocenters. The first-order valence-corrected chi connectivity index (χ1v) is 9.53. The van der Waals surface area contributed by atoms with Crippen molar-refractivity contribution in [2.75, 3.05) is 12.4 Å². The summed E-state index contributed by atoms with van der Waals surface area (Å²) in [4.78, 5) is 17.1. The maximum atomic E-state index is 13.0. The monoisotopic (exact) mass is 402 g/mol. The van der Waals surface area contributed by atoms with Crippen LogP contribution in [0.3, 0.4) is 0 Å². The van der Waals surface area contributed by atoms with E-state index in [1.807, 2.05) is 49.5 Å². The van der Waals surface area contributed by atoms with Gasteiger partial charge in [0.2, 0.25) is 0 Å². The minimum atomic E-state index is -0.113. The van der Waals surface area contributed by atoms with Crippen LogP contribution in [0, 0.1) is 6.92 Å². The van der Waals surface area contributed by atoms with Crippen LogP contribution in [0.2, 0.25) is 5.02 Å². The number of pyridine rings is 1. The molecule has 1 N–H and O–H groups in total. The van der Waals surface area contributed by atoms with Crippen LogP contribution in [0.1, 0.15) is 21.5 Å². The SMILES string of the molecule is COc1ccc(C(=O)c2ccc(Nc3cccc4cnccc34)cc2Cl)c(C)c1. The van der Waals surface area contributed by atoms with Crippen LogP contribution >= 0.6 is 11.6 Å². The molecule has 0 radical (unpaired) electrons. The lowest BCUT2D eigenvalue weighted by molar-refractivity contribution is 0.103. The van der Waals surface area contributed by atoms with Crippen LogP contribution in [0.25, 0.3) is 10.8 Å². The van der Waals surface area contributed by atoms with E-state index in [0.717, 1.165) is 33.5 Å². The Bertz CT molecular complexity index is 1220. The maximum absolute atomic E-state index is 13.0. The van der Waals surface area contributed by atoms with Crippen molar-refractivity contribution < 1.29 is 9.53 Å². The van der Waals surface area contributed by atoms with Crippen LogP contribution in [0.4, 0.5) is 11.4 Å². The van der Waals surface area contributed by atoms with E-state index in [1.165, 1.54) is 0 Å². The number of ketones is 1. The molecule has 0 saturated carbocycles. The lowest BCUT2D eigenvalue weighted by Gasteiger charge is -2.12. The number of benzene rings is 3. The number of anilines is 2. The van der Waals surface area contributed by atoms with E-state index in [4.69, 9.17) is 16.3 Å². The standard InChI is InChI=1S/C24H19ClN2O2/c1-15-12-18(29-2)7-9-19(15)24(28)21-8-6-17(13-22(21)25)27-23-5-3-4-16-14-26-11-10-20(16)23/h3-14,27H,1-2H3. The van der Waals surface area contributed by atoms with Crippen LogP contribution in [-0.4, -0.2) is 17.9 Å². The molecule has 0 fully saturated rings. The lowest BCUT2D eigenvalue weighted by atomic mass is 9.98. The van der Waals surface area contributed by atoms with Gasteiger partial charge in [0.15, 0.2) is 5.78 Å². The quantitative estimate of drug-likeness (QED) is 0.405. The fraction of sp³-hybridized carbons (Fsp3) is 0.0833. The van der Waals surface area contributed by atoms with E-state index in [-0.39, 0.29) is 5.78 Å². The van der Waals surface area contributed by atoms with Gasteiger partial charge in [-0.05, 0) is 61.0 Å². The smallest absolute Gasteiger partial charge is 0.194 e. The molecule has 0 aliphatic rings. The summed E-state index contributed by atoms with van der Waals surface area (Å²) in [5, 5.41) is 5.89. The molecule has 144 valence electrons. The van der Waals surface area contributed by atoms with Crippen molar-refractivity contribution in [3.05, 3.63) is 94.8 Å². The Kier molecular flexibility index (Phi) is 5.19. The molecule has 0 spiro atoms. The van der Waals surface area contributed by atoms with E-state index in [1.54, 1.807) is 37.6 Å². The zero-order valence-electron chi connectivity index (χ0n) is 16.1. The largest absolute Gasteiger partial charge is 0.497 e. The summed E-state index contributed by atoms with van der Waals surface area (Å²) in [6.45, 7) is 1.88. The van der Waals surface area contributed by atoms with Crippen LogP contribution in [0.15, 0.2) is 73.1 Å². The number of halogens is 1. The van der Waals surface area contributed by atoms with Crippen LogP contribution in [-0.2, 0) is 0 Å². The Labute approximate surface area is 174 Å². The number of carbonyl (C=O) groups is 1. The van der Waals surface area contributed by atoms with Gasteiger partial charge in [0.25, 0.3) is 0 Å². The molecule has 0 aliphatic carbocycles. The summed E-state index contributed by atoms with van der Waals surface area (Å²) in [5.74, 6) is 0.605. The number of hydrogen-bond donors (Lipinski definition) is 1. The predicted octanol–water partition coefficient (Wildman–Crippen LogP) is 6.18. The first kappa shape index (κ1) is 19.0. The molecule has 3 aromatic carbocycles. The van der Waals surface area contributed by atoms with Gasteiger partial charge in [-0.15, -0.1) is 0 Å². The van der Waals surface area contributed by atoms with Crippen molar-refractivity contribution in [3.8, 4) is 5.75 Å². The molecule has 0 amide bonds. The highest BCUT2D eigenvalue weighted by Gasteiger charge is 2.16. The molecule has 0 saturated heterocycles. The van der Waals surface area contributed by atoms with Crippen molar-refractivity contribution in [1.29, 1.82) is 0 Å². The third-order valence-electron chi connectivity index (χ3n) is 4.85. The Morgan fingerprint density at radius 1 is 1.03 bits per heavy atom. The average molecular weight is 403 g/mol. The number of nitrogens with one attached hydrogen (secondary N) is 1. The number of aryl methyl sites for hydroxylation is 1. The van der Waals surface area contributed by atoms with Gasteiger partial charge in [-0.2, -0.15) is 0 Å². The summed E-state index contributed by atoms with van der Waals surface area (Å²) in [5.41, 5.74) is 3.67. The second kappa shape index (κ2) is 7.94. The number of rotatable bonds is 5. The third kappa shape index (κ3) is 3.80. The highest BCUT2D eigenvalue weighted by molar-refractivity contribution is 6.35. The van der Waals surface area contributed by atoms with Gasteiger partial charge in [-0.25, -0.2) is 0 Å². The highest BCUT2D eigenvalue weighted by atomic mass is 35.5. The molecule has 0 aliphatic heterocycles. The maximum Gasteiger partial charge on any atom is 0.194 e. The van der Waals surface area contributed by atoms with E-state index in [9.17, 15) is 4.79 Å². The Morgan fingerprint density at radius 3 is 2.62 bits per heavy atom. The van der Waals surface area contributed by atoms with Crippen molar-refractivity contribution in [2.24, 2.45) is 0 Å². The third-order valence-corrected chi connectivity index (χ3v) is 5.16. The normalized spacial score (nSPS) is 10.7. The average Bonchev–Trinajstić information content (AvgIpc) is 2.73. The van der Waals surface area contributed by atoms with E-state index >= 15 is 0 Å². The van der Waals surface area contributed by atoms with E-state index in [2.05, 4.69) is 10.3 Å².